The third-order valence-electron chi connectivity index (χ3n) is 3.42. The summed E-state index contributed by atoms with van der Waals surface area (Å²) >= 11 is 5.73. The molecule has 7 nitrogen and oxygen atoms in total. The fraction of sp³-hybridized carbons (Fsp3) is 0.455. The molecule has 0 bridgehead atoms. The van der Waals surface area contributed by atoms with E-state index >= 15 is 0 Å². The van der Waals surface area contributed by atoms with Crippen LogP contribution in [-0.4, -0.2) is 54.6 Å². The molecule has 20 heavy (non-hydrogen) atoms. The molecular weight excluding hydrogens is 289 g/mol. The number of alkyl halides is 1. The van der Waals surface area contributed by atoms with E-state index in [0.717, 1.165) is 4.90 Å². The maximum Gasteiger partial charge on any atom is 0.407 e. The maximum absolute atomic E-state index is 13.9. The molecule has 2 atom stereocenters. The monoisotopic (exact) mass is 299 g/mol. The zero-order valence-electron chi connectivity index (χ0n) is 10.3. The van der Waals surface area contributed by atoms with Gasteiger partial charge in [-0.1, -0.05) is 0 Å². The summed E-state index contributed by atoms with van der Waals surface area (Å²) in [6.45, 7) is 0.292. The molecule has 1 saturated heterocycles. The van der Waals surface area contributed by atoms with Crippen molar-refractivity contribution in [1.29, 1.82) is 0 Å². The minimum atomic E-state index is -1.21. The highest BCUT2D eigenvalue weighted by atomic mass is 35.5. The van der Waals surface area contributed by atoms with Crippen molar-refractivity contribution in [3.05, 3.63) is 17.7 Å². The molecule has 1 aliphatic rings. The first-order chi connectivity index (χ1) is 9.56. The van der Waals surface area contributed by atoms with E-state index in [9.17, 15) is 9.18 Å². The van der Waals surface area contributed by atoms with Gasteiger partial charge < -0.3 is 10.0 Å². The van der Waals surface area contributed by atoms with Gasteiger partial charge in [0.25, 0.3) is 0 Å². The van der Waals surface area contributed by atoms with Gasteiger partial charge in [-0.05, 0) is 18.0 Å². The number of nitrogens with zero attached hydrogens (tertiary/aromatic N) is 5. The molecule has 0 saturated carbocycles. The van der Waals surface area contributed by atoms with Crippen LogP contribution in [0, 0.1) is 0 Å². The molecule has 1 N–H and O–H groups in total. The van der Waals surface area contributed by atoms with Gasteiger partial charge in [-0.15, -0.1) is 0 Å². The molecular formula is C11H11ClFN5O2. The lowest BCUT2D eigenvalue weighted by Gasteiger charge is -2.22. The molecule has 9 heteroatoms. The summed E-state index contributed by atoms with van der Waals surface area (Å²) in [4.78, 5) is 20.1. The van der Waals surface area contributed by atoms with Crippen LogP contribution in [0.4, 0.5) is 9.18 Å². The molecule has 106 valence electrons. The number of fused-ring (bicyclic) bond motifs is 1. The number of aromatic nitrogens is 4. The van der Waals surface area contributed by atoms with Gasteiger partial charge >= 0.3 is 6.09 Å². The molecule has 0 spiro atoms. The van der Waals surface area contributed by atoms with Crippen LogP contribution in [0.5, 0.6) is 0 Å². The molecule has 1 aliphatic heterocycles. The fourth-order valence-corrected chi connectivity index (χ4v) is 2.55. The minimum absolute atomic E-state index is 0.0672. The molecule has 2 aromatic rings. The van der Waals surface area contributed by atoms with E-state index in [2.05, 4.69) is 15.1 Å². The van der Waals surface area contributed by atoms with Crippen LogP contribution in [0.1, 0.15) is 6.42 Å². The van der Waals surface area contributed by atoms with Gasteiger partial charge in [0.15, 0.2) is 5.65 Å². The van der Waals surface area contributed by atoms with Crippen LogP contribution < -0.4 is 0 Å². The van der Waals surface area contributed by atoms with Crippen LogP contribution in [0.2, 0.25) is 5.28 Å². The second kappa shape index (κ2) is 4.86. The van der Waals surface area contributed by atoms with E-state index < -0.39 is 18.3 Å². The van der Waals surface area contributed by atoms with Crippen LogP contribution in [0.3, 0.4) is 0 Å². The Kier molecular flexibility index (Phi) is 3.17. The number of carboxylic acid groups (broad SMARTS) is 1. The Bertz CT molecular complexity index is 663. The van der Waals surface area contributed by atoms with Gasteiger partial charge in [-0.25, -0.2) is 18.9 Å². The van der Waals surface area contributed by atoms with E-state index in [1.165, 1.54) is 10.9 Å². The quantitative estimate of drug-likeness (QED) is 0.851. The first-order valence-electron chi connectivity index (χ1n) is 6.04. The third kappa shape index (κ3) is 2.15. The van der Waals surface area contributed by atoms with Gasteiger partial charge in [0.1, 0.15) is 6.17 Å². The van der Waals surface area contributed by atoms with Crippen molar-refractivity contribution in [2.75, 3.05) is 6.54 Å². The van der Waals surface area contributed by atoms with Crippen molar-refractivity contribution < 1.29 is 14.3 Å². The number of rotatable bonds is 2. The summed E-state index contributed by atoms with van der Waals surface area (Å²) in [5, 5.41) is 13.9. The van der Waals surface area contributed by atoms with Crippen molar-refractivity contribution in [3.63, 3.8) is 0 Å². The van der Waals surface area contributed by atoms with Crippen LogP contribution in [-0.2, 0) is 6.54 Å². The van der Waals surface area contributed by atoms with Crippen LogP contribution in [0.15, 0.2) is 12.4 Å². The minimum Gasteiger partial charge on any atom is -0.465 e. The smallest absolute Gasteiger partial charge is 0.407 e. The zero-order chi connectivity index (χ0) is 14.3. The lowest BCUT2D eigenvalue weighted by molar-refractivity contribution is 0.121. The molecule has 0 radical (unpaired) electrons. The van der Waals surface area contributed by atoms with Crippen molar-refractivity contribution in [2.24, 2.45) is 0 Å². The number of amides is 1. The van der Waals surface area contributed by atoms with E-state index in [1.54, 1.807) is 6.20 Å². The first-order valence-corrected chi connectivity index (χ1v) is 6.42. The zero-order valence-corrected chi connectivity index (χ0v) is 11.0. The molecule has 3 heterocycles. The Morgan fingerprint density at radius 2 is 2.35 bits per heavy atom. The lowest BCUT2D eigenvalue weighted by atomic mass is 10.2. The van der Waals surface area contributed by atoms with Gasteiger partial charge in [0.05, 0.1) is 24.2 Å². The van der Waals surface area contributed by atoms with Crippen molar-refractivity contribution in [2.45, 2.75) is 25.2 Å². The summed E-state index contributed by atoms with van der Waals surface area (Å²) in [6, 6.07) is -0.760. The van der Waals surface area contributed by atoms with Gasteiger partial charge in [-0.2, -0.15) is 10.1 Å². The average molecular weight is 300 g/mol. The molecule has 2 aromatic heterocycles. The summed E-state index contributed by atoms with van der Waals surface area (Å²) in [6.07, 6.45) is 0.928. The normalized spacial score (nSPS) is 22.6. The van der Waals surface area contributed by atoms with E-state index in [-0.39, 0.29) is 24.8 Å². The maximum atomic E-state index is 13.9. The predicted molar refractivity (Wildman–Crippen MR) is 68.4 cm³/mol. The second-order valence-electron chi connectivity index (χ2n) is 4.59. The van der Waals surface area contributed by atoms with Crippen LogP contribution in [0.25, 0.3) is 11.0 Å². The van der Waals surface area contributed by atoms with Gasteiger partial charge in [0.2, 0.25) is 5.28 Å². The van der Waals surface area contributed by atoms with Gasteiger partial charge in [-0.3, -0.25) is 0 Å². The van der Waals surface area contributed by atoms with E-state index in [4.69, 9.17) is 16.7 Å². The van der Waals surface area contributed by atoms with E-state index in [1.807, 2.05) is 0 Å². The molecule has 0 aliphatic carbocycles. The highest BCUT2D eigenvalue weighted by Gasteiger charge is 2.38. The number of hydrogen-bond donors (Lipinski definition) is 1. The molecule has 0 aromatic carbocycles. The van der Waals surface area contributed by atoms with Gasteiger partial charge in [0, 0.05) is 12.7 Å². The lowest BCUT2D eigenvalue weighted by Crippen LogP contribution is -2.40. The Morgan fingerprint density at radius 3 is 3.10 bits per heavy atom. The number of hydrogen-bond acceptors (Lipinski definition) is 4. The van der Waals surface area contributed by atoms with Crippen LogP contribution >= 0.6 is 11.6 Å². The predicted octanol–water partition coefficient (Wildman–Crippen LogP) is 1.57. The number of halogens is 2. The Balaban J connectivity index is 1.92. The summed E-state index contributed by atoms with van der Waals surface area (Å²) in [7, 11) is 0. The average Bonchev–Trinajstić information content (AvgIpc) is 2.95. The highest BCUT2D eigenvalue weighted by molar-refractivity contribution is 6.28. The summed E-state index contributed by atoms with van der Waals surface area (Å²) < 4.78 is 15.3. The third-order valence-corrected chi connectivity index (χ3v) is 3.60. The SMILES string of the molecule is O=C(O)N1CC[C@H](F)[C@H]1Cn1ncc2cnc(Cl)nc21. The Labute approximate surface area is 118 Å². The highest BCUT2D eigenvalue weighted by Crippen LogP contribution is 2.23. The standard InChI is InChI=1S/C11H11ClFN5O2/c12-10-14-3-6-4-15-18(9(6)16-10)5-8-7(13)1-2-17(8)11(19)20/h3-4,7-8H,1-2,5H2,(H,19,20)/t7-,8+/m0/s1. The number of carbonyl (C=O) groups is 1. The molecule has 0 unspecified atom stereocenters. The first kappa shape index (κ1) is 13.0. The summed E-state index contributed by atoms with van der Waals surface area (Å²) in [5.41, 5.74) is 0.467. The number of likely N-dealkylation sites (tertiary alicyclic amines) is 1. The summed E-state index contributed by atoms with van der Waals surface area (Å²) in [5.74, 6) is 0. The second-order valence-corrected chi connectivity index (χ2v) is 4.93. The molecule has 1 amide bonds. The molecule has 1 fully saturated rings. The van der Waals surface area contributed by atoms with Crippen molar-refractivity contribution >= 4 is 28.7 Å². The molecule has 3 rings (SSSR count). The Hall–Kier alpha value is -1.96. The van der Waals surface area contributed by atoms with Crippen molar-refractivity contribution in [3.8, 4) is 0 Å². The topological polar surface area (TPSA) is 84.1 Å². The van der Waals surface area contributed by atoms with E-state index in [0.29, 0.717) is 11.0 Å². The van der Waals surface area contributed by atoms with Crippen molar-refractivity contribution in [1.82, 2.24) is 24.6 Å². The largest absolute Gasteiger partial charge is 0.465 e. The fourth-order valence-electron chi connectivity index (χ4n) is 2.42. The Morgan fingerprint density at radius 1 is 1.55 bits per heavy atom.